The van der Waals surface area contributed by atoms with Crippen LogP contribution in [0.1, 0.15) is 43.1 Å². The van der Waals surface area contributed by atoms with Gasteiger partial charge in [-0.15, -0.1) is 0 Å². The van der Waals surface area contributed by atoms with E-state index in [-0.39, 0.29) is 23.2 Å². The summed E-state index contributed by atoms with van der Waals surface area (Å²) in [5.41, 5.74) is 8.68. The predicted molar refractivity (Wildman–Crippen MR) is 151 cm³/mol. The van der Waals surface area contributed by atoms with E-state index in [2.05, 4.69) is 20.3 Å². The zero-order valence-corrected chi connectivity index (χ0v) is 23.9. The van der Waals surface area contributed by atoms with Gasteiger partial charge in [0, 0.05) is 36.6 Å². The van der Waals surface area contributed by atoms with Crippen molar-refractivity contribution in [3.63, 3.8) is 0 Å². The standard InChI is InChI=1S/C27H30N8O6S/c1-39-12-13-40-27(25-32-26(36)41-33-25)10-8-17(9-11-27)21-22(42(2,37)38)23(28)35-24(31-21)20(15-30-35)18-14-29-34(16-18)19-6-4-3-5-7-19/h3-7,14-17H,8-13,28H2,1-2H3,(H,32,33,36)/t17-,27+. The van der Waals surface area contributed by atoms with Crippen molar-refractivity contribution in [2.45, 2.75) is 42.1 Å². The van der Waals surface area contributed by atoms with Crippen molar-refractivity contribution in [3.05, 3.63) is 71.0 Å². The van der Waals surface area contributed by atoms with Crippen LogP contribution in [0.2, 0.25) is 0 Å². The summed E-state index contributed by atoms with van der Waals surface area (Å²) in [6.45, 7) is 0.628. The van der Waals surface area contributed by atoms with Gasteiger partial charge in [0.15, 0.2) is 21.3 Å². The van der Waals surface area contributed by atoms with Gasteiger partial charge in [0.2, 0.25) is 0 Å². The van der Waals surface area contributed by atoms with Crippen molar-refractivity contribution >= 4 is 21.3 Å². The molecule has 3 N–H and O–H groups in total. The zero-order valence-electron chi connectivity index (χ0n) is 23.1. The molecule has 0 atom stereocenters. The number of nitrogen functional groups attached to an aromatic ring is 1. The summed E-state index contributed by atoms with van der Waals surface area (Å²) in [5, 5.41) is 12.8. The normalized spacial score (nSPS) is 19.4. The van der Waals surface area contributed by atoms with Crippen molar-refractivity contribution in [1.29, 1.82) is 0 Å². The minimum absolute atomic E-state index is 0.00628. The van der Waals surface area contributed by atoms with Crippen LogP contribution in [-0.4, -0.2) is 69.5 Å². The van der Waals surface area contributed by atoms with E-state index < -0.39 is 21.2 Å². The van der Waals surface area contributed by atoms with Crippen LogP contribution < -0.4 is 11.5 Å². The van der Waals surface area contributed by atoms with E-state index in [0.717, 1.165) is 17.5 Å². The molecule has 4 aromatic heterocycles. The number of sulfone groups is 1. The molecule has 1 fully saturated rings. The molecule has 0 aliphatic heterocycles. The average Bonchev–Trinajstić information content (AvgIpc) is 3.73. The molecule has 1 aromatic carbocycles. The zero-order chi connectivity index (χ0) is 29.5. The number of nitrogens with one attached hydrogen (secondary N) is 1. The van der Waals surface area contributed by atoms with Crippen LogP contribution >= 0.6 is 0 Å². The first-order chi connectivity index (χ1) is 20.2. The molecule has 15 heteroatoms. The highest BCUT2D eigenvalue weighted by Crippen LogP contribution is 2.46. The first-order valence-corrected chi connectivity index (χ1v) is 15.3. The van der Waals surface area contributed by atoms with Crippen LogP contribution in [-0.2, 0) is 24.9 Å². The minimum atomic E-state index is -3.77. The second-order valence-electron chi connectivity index (χ2n) is 10.3. The quantitative estimate of drug-likeness (QED) is 0.239. The number of para-hydroxylation sites is 1. The molecule has 14 nitrogen and oxygen atoms in total. The monoisotopic (exact) mass is 594 g/mol. The van der Waals surface area contributed by atoms with Gasteiger partial charge in [-0.3, -0.25) is 9.51 Å². The minimum Gasteiger partial charge on any atom is -0.382 e. The number of aromatic amines is 1. The third-order valence-electron chi connectivity index (χ3n) is 7.67. The summed E-state index contributed by atoms with van der Waals surface area (Å²) in [4.78, 5) is 19.2. The number of hydrogen-bond donors (Lipinski definition) is 2. The summed E-state index contributed by atoms with van der Waals surface area (Å²) >= 11 is 0. The number of anilines is 1. The second-order valence-corrected chi connectivity index (χ2v) is 12.3. The second kappa shape index (κ2) is 10.8. The Balaban J connectivity index is 1.39. The third kappa shape index (κ3) is 4.99. The highest BCUT2D eigenvalue weighted by Gasteiger charge is 2.43. The predicted octanol–water partition coefficient (Wildman–Crippen LogP) is 2.46. The van der Waals surface area contributed by atoms with Crippen LogP contribution in [0.5, 0.6) is 0 Å². The summed E-state index contributed by atoms with van der Waals surface area (Å²) in [7, 11) is -2.20. The molecule has 0 saturated heterocycles. The smallest absolute Gasteiger partial charge is 0.382 e. The SMILES string of the molecule is COCCO[C@]1(c2noc(=O)[nH]2)CC[C@H](c2nc3c(-c4cnn(-c5ccccc5)c4)cnn3c(N)c2S(C)(=O)=O)CC1. The Labute approximate surface area is 240 Å². The molecule has 42 heavy (non-hydrogen) atoms. The van der Waals surface area contributed by atoms with Crippen molar-refractivity contribution in [1.82, 2.24) is 34.5 Å². The lowest BCUT2D eigenvalue weighted by Gasteiger charge is -2.38. The Morgan fingerprint density at radius 1 is 1.14 bits per heavy atom. The van der Waals surface area contributed by atoms with Gasteiger partial charge in [-0.25, -0.2) is 22.9 Å². The maximum Gasteiger partial charge on any atom is 0.439 e. The molecule has 220 valence electrons. The molecule has 0 spiro atoms. The Bertz CT molecular complexity index is 1880. The number of ether oxygens (including phenoxy) is 2. The van der Waals surface area contributed by atoms with E-state index in [0.29, 0.717) is 55.0 Å². The summed E-state index contributed by atoms with van der Waals surface area (Å²) < 4.78 is 45.3. The van der Waals surface area contributed by atoms with Gasteiger partial charge in [0.05, 0.1) is 37.0 Å². The molecule has 1 aliphatic carbocycles. The van der Waals surface area contributed by atoms with Crippen LogP contribution in [0, 0.1) is 0 Å². The lowest BCUT2D eigenvalue weighted by atomic mass is 9.76. The molecule has 0 bridgehead atoms. The number of H-pyrrole nitrogens is 1. The number of nitrogens with zero attached hydrogens (tertiary/aromatic N) is 6. The fourth-order valence-electron chi connectivity index (χ4n) is 5.62. The molecule has 0 radical (unpaired) electrons. The molecule has 4 heterocycles. The van der Waals surface area contributed by atoms with E-state index in [1.165, 1.54) is 4.52 Å². The van der Waals surface area contributed by atoms with Gasteiger partial charge in [0.25, 0.3) is 0 Å². The number of methoxy groups -OCH3 is 1. The molecule has 6 rings (SSSR count). The summed E-state index contributed by atoms with van der Waals surface area (Å²) in [5.74, 6) is -0.658. The van der Waals surface area contributed by atoms with Crippen LogP contribution in [0.15, 0.2) is 63.1 Å². The highest BCUT2D eigenvalue weighted by atomic mass is 32.2. The Kier molecular flexibility index (Phi) is 7.16. The van der Waals surface area contributed by atoms with Crippen LogP contribution in [0.3, 0.4) is 0 Å². The number of fused-ring (bicyclic) bond motifs is 1. The van der Waals surface area contributed by atoms with Crippen molar-refractivity contribution in [3.8, 4) is 16.8 Å². The van der Waals surface area contributed by atoms with E-state index in [4.69, 9.17) is 24.7 Å². The van der Waals surface area contributed by atoms with E-state index in [1.807, 2.05) is 36.5 Å². The van der Waals surface area contributed by atoms with Crippen molar-refractivity contribution in [2.75, 3.05) is 32.3 Å². The number of benzene rings is 1. The van der Waals surface area contributed by atoms with Gasteiger partial charge in [-0.1, -0.05) is 23.4 Å². The number of rotatable bonds is 9. The van der Waals surface area contributed by atoms with Gasteiger partial charge in [0.1, 0.15) is 16.3 Å². The largest absolute Gasteiger partial charge is 0.439 e. The molecule has 0 amide bonds. The first-order valence-electron chi connectivity index (χ1n) is 13.4. The van der Waals surface area contributed by atoms with E-state index in [1.54, 1.807) is 24.2 Å². The highest BCUT2D eigenvalue weighted by molar-refractivity contribution is 7.91. The Morgan fingerprint density at radius 2 is 1.90 bits per heavy atom. The average molecular weight is 595 g/mol. The molecular weight excluding hydrogens is 564 g/mol. The van der Waals surface area contributed by atoms with Crippen molar-refractivity contribution < 1.29 is 22.4 Å². The fourth-order valence-corrected chi connectivity index (χ4v) is 6.67. The topological polar surface area (TPSA) is 186 Å². The molecule has 1 aliphatic rings. The number of hydrogen-bond acceptors (Lipinski definition) is 11. The van der Waals surface area contributed by atoms with Gasteiger partial charge >= 0.3 is 5.76 Å². The molecule has 1 saturated carbocycles. The lowest BCUT2D eigenvalue weighted by molar-refractivity contribution is -0.0988. The summed E-state index contributed by atoms with van der Waals surface area (Å²) in [6.07, 6.45) is 8.12. The van der Waals surface area contributed by atoms with E-state index in [9.17, 15) is 13.2 Å². The molecule has 5 aromatic rings. The maximum absolute atomic E-state index is 13.0. The van der Waals surface area contributed by atoms with Crippen molar-refractivity contribution in [2.24, 2.45) is 0 Å². The summed E-state index contributed by atoms with van der Waals surface area (Å²) in [6, 6.07) is 9.66. The maximum atomic E-state index is 13.0. The first kappa shape index (κ1) is 27.8. The number of aromatic nitrogens is 7. The third-order valence-corrected chi connectivity index (χ3v) is 8.83. The Hall–Kier alpha value is -4.34. The number of nitrogens with two attached hydrogens (primary N) is 1. The molecule has 0 unspecified atom stereocenters. The van der Waals surface area contributed by atoms with Gasteiger partial charge in [-0.2, -0.15) is 14.7 Å². The van der Waals surface area contributed by atoms with Crippen LogP contribution in [0.25, 0.3) is 22.5 Å². The lowest BCUT2D eigenvalue weighted by Crippen LogP contribution is -2.37. The van der Waals surface area contributed by atoms with E-state index >= 15 is 0 Å². The van der Waals surface area contributed by atoms with Gasteiger partial charge in [-0.05, 0) is 37.8 Å². The van der Waals surface area contributed by atoms with Gasteiger partial charge < -0.3 is 15.2 Å². The fraction of sp³-hybridized carbons (Fsp3) is 0.370. The Morgan fingerprint density at radius 3 is 2.57 bits per heavy atom. The molecular formula is C27H30N8O6S. The van der Waals surface area contributed by atoms with Crippen LogP contribution in [0.4, 0.5) is 5.82 Å².